The van der Waals surface area contributed by atoms with Gasteiger partial charge in [-0.25, -0.2) is 0 Å². The summed E-state index contributed by atoms with van der Waals surface area (Å²) in [5, 5.41) is 48.3. The van der Waals surface area contributed by atoms with Gasteiger partial charge in [-0.05, 0) is 83.5 Å². The van der Waals surface area contributed by atoms with Crippen LogP contribution in [0.15, 0.2) is 45.6 Å². The summed E-state index contributed by atoms with van der Waals surface area (Å²) in [5.74, 6) is -5.65. The van der Waals surface area contributed by atoms with Crippen molar-refractivity contribution in [2.45, 2.75) is 57.3 Å². The number of aliphatic hydroxyl groups excluding tert-OH is 2. The van der Waals surface area contributed by atoms with E-state index in [2.05, 4.69) is 5.32 Å². The number of phenols is 1. The number of rotatable bonds is 5. The van der Waals surface area contributed by atoms with E-state index in [4.69, 9.17) is 10.2 Å². The number of hydrogen-bond donors (Lipinski definition) is 6. The van der Waals surface area contributed by atoms with Gasteiger partial charge in [0.05, 0.1) is 18.2 Å². The number of phenolic OH excluding ortho intramolecular Hbond substituents is 1. The Balaban J connectivity index is 1.64. The molecule has 7 N–H and O–H groups in total. The topological polar surface area (TPSA) is 187 Å². The molecule has 0 aliphatic heterocycles. The third-order valence-corrected chi connectivity index (χ3v) is 8.32. The summed E-state index contributed by atoms with van der Waals surface area (Å²) in [6.45, 7) is 6.60. The number of fused-ring (bicyclic) bond motifs is 3. The van der Waals surface area contributed by atoms with Crippen LogP contribution in [0.3, 0.4) is 0 Å². The lowest BCUT2D eigenvalue weighted by Crippen LogP contribution is -2.65. The Kier molecular flexibility index (Phi) is 6.68. The molecule has 218 valence electrons. The van der Waals surface area contributed by atoms with Crippen molar-refractivity contribution in [3.63, 3.8) is 0 Å². The highest BCUT2D eigenvalue weighted by atomic mass is 16.4. The molecule has 0 bridgehead atoms. The van der Waals surface area contributed by atoms with E-state index in [-0.39, 0.29) is 35.3 Å². The molecule has 3 aliphatic carbocycles. The Labute approximate surface area is 236 Å². The van der Waals surface area contributed by atoms with Crippen LogP contribution in [0.25, 0.3) is 17.1 Å². The summed E-state index contributed by atoms with van der Waals surface area (Å²) in [4.78, 5) is 40.8. The number of nitrogens with one attached hydrogen (secondary N) is 1. The Bertz CT molecular complexity index is 1540. The van der Waals surface area contributed by atoms with Crippen LogP contribution in [0.4, 0.5) is 0 Å². The van der Waals surface area contributed by atoms with E-state index >= 15 is 0 Å². The van der Waals surface area contributed by atoms with Crippen LogP contribution in [-0.4, -0.2) is 74.1 Å². The Hall–Kier alpha value is -3.93. The fourth-order valence-electron chi connectivity index (χ4n) is 6.44. The van der Waals surface area contributed by atoms with Crippen molar-refractivity contribution >= 4 is 23.2 Å². The normalized spacial score (nSPS) is 26.3. The molecule has 1 heterocycles. The first-order valence-corrected chi connectivity index (χ1v) is 13.4. The summed E-state index contributed by atoms with van der Waals surface area (Å²) in [6.07, 6.45) is 0.189. The summed E-state index contributed by atoms with van der Waals surface area (Å²) < 4.78 is 6.09. The minimum Gasteiger partial charge on any atom is -0.508 e. The second-order valence-electron chi connectivity index (χ2n) is 12.3. The molecule has 11 nitrogen and oxygen atoms in total. The van der Waals surface area contributed by atoms with Gasteiger partial charge < -0.3 is 35.9 Å². The van der Waals surface area contributed by atoms with Gasteiger partial charge in [0, 0.05) is 22.6 Å². The van der Waals surface area contributed by atoms with Gasteiger partial charge in [-0.2, -0.15) is 0 Å². The van der Waals surface area contributed by atoms with Crippen LogP contribution in [-0.2, 0) is 27.3 Å². The van der Waals surface area contributed by atoms with E-state index in [1.165, 1.54) is 11.0 Å². The zero-order valence-corrected chi connectivity index (χ0v) is 23.6. The summed E-state index contributed by atoms with van der Waals surface area (Å²) in [5.41, 5.74) is 2.70. The molecule has 1 aromatic heterocycles. The Morgan fingerprint density at radius 1 is 1.15 bits per heavy atom. The maximum absolute atomic E-state index is 14.0. The van der Waals surface area contributed by atoms with Crippen molar-refractivity contribution in [2.24, 2.45) is 17.6 Å². The van der Waals surface area contributed by atoms with Crippen molar-refractivity contribution in [3.05, 3.63) is 58.1 Å². The molecule has 2 aromatic rings. The molecule has 4 atom stereocenters. The van der Waals surface area contributed by atoms with E-state index in [1.54, 1.807) is 26.2 Å². The molecular formula is C30H35N3O8. The number of ketones is 2. The zero-order chi connectivity index (χ0) is 30.2. The molecule has 3 aliphatic rings. The van der Waals surface area contributed by atoms with Crippen LogP contribution < -0.4 is 11.1 Å². The van der Waals surface area contributed by atoms with E-state index in [1.807, 2.05) is 26.8 Å². The highest BCUT2D eigenvalue weighted by Gasteiger charge is 2.64. The number of nitrogens with two attached hydrogens (primary N) is 1. The van der Waals surface area contributed by atoms with Gasteiger partial charge in [-0.1, -0.05) is 0 Å². The van der Waals surface area contributed by atoms with Crippen molar-refractivity contribution in [1.29, 1.82) is 0 Å². The third kappa shape index (κ3) is 4.35. The predicted octanol–water partition coefficient (Wildman–Crippen LogP) is 2.11. The molecule has 41 heavy (non-hydrogen) atoms. The fraction of sp³-hybridized carbons (Fsp3) is 0.433. The van der Waals surface area contributed by atoms with Crippen molar-refractivity contribution in [3.8, 4) is 17.1 Å². The van der Waals surface area contributed by atoms with Gasteiger partial charge in [0.2, 0.25) is 5.78 Å². The number of benzene rings is 1. The van der Waals surface area contributed by atoms with Gasteiger partial charge in [0.1, 0.15) is 34.4 Å². The molecule has 5 rings (SSSR count). The molecule has 1 amide bonds. The van der Waals surface area contributed by atoms with Crippen LogP contribution in [0.2, 0.25) is 0 Å². The lowest BCUT2D eigenvalue weighted by molar-refractivity contribution is -0.153. The van der Waals surface area contributed by atoms with Crippen molar-refractivity contribution < 1.29 is 39.2 Å². The molecule has 0 spiro atoms. The van der Waals surface area contributed by atoms with Crippen LogP contribution in [0.5, 0.6) is 5.75 Å². The summed E-state index contributed by atoms with van der Waals surface area (Å²) in [6, 6.07) is 5.55. The van der Waals surface area contributed by atoms with Gasteiger partial charge in [-0.15, -0.1) is 0 Å². The molecule has 1 fully saturated rings. The number of aliphatic hydroxyl groups is 3. The number of carbonyl (C=O) groups excluding carboxylic acids is 3. The number of nitrogens with zero attached hydrogens (tertiary/aromatic N) is 1. The highest BCUT2D eigenvalue weighted by Crippen LogP contribution is 2.53. The maximum atomic E-state index is 14.0. The average molecular weight is 566 g/mol. The number of likely N-dealkylation sites (N-methyl/N-ethyl adjacent to an activating group) is 1. The quantitative estimate of drug-likeness (QED) is 0.293. The molecule has 0 unspecified atom stereocenters. The van der Waals surface area contributed by atoms with Gasteiger partial charge in [-0.3, -0.25) is 19.3 Å². The largest absolute Gasteiger partial charge is 0.508 e. The number of carbonyl (C=O) groups is 3. The number of aromatic hydroxyl groups is 1. The zero-order valence-electron chi connectivity index (χ0n) is 23.6. The predicted molar refractivity (Wildman–Crippen MR) is 149 cm³/mol. The van der Waals surface area contributed by atoms with Crippen LogP contribution in [0.1, 0.15) is 44.1 Å². The van der Waals surface area contributed by atoms with E-state index < -0.39 is 58.0 Å². The van der Waals surface area contributed by atoms with Crippen molar-refractivity contribution in [2.75, 3.05) is 14.1 Å². The highest BCUT2D eigenvalue weighted by molar-refractivity contribution is 6.24. The first-order chi connectivity index (χ1) is 19.1. The number of primary amides is 1. The second kappa shape index (κ2) is 9.57. The summed E-state index contributed by atoms with van der Waals surface area (Å²) in [7, 11) is 3.12. The number of amides is 1. The monoisotopic (exact) mass is 565 g/mol. The SMILES string of the molecule is CN(C)[C@H]1C(=O)C(C(N)=O)=C(O)[C@]2(O)C(=O)C3=C(O)c4c(O)ccc(-c5ccc(CNC(C)(C)C)o5)c4C[C@@H]3C[C@H]12. The maximum Gasteiger partial charge on any atom is 0.255 e. The third-order valence-electron chi connectivity index (χ3n) is 8.32. The Morgan fingerprint density at radius 3 is 2.44 bits per heavy atom. The van der Waals surface area contributed by atoms with Crippen LogP contribution >= 0.6 is 0 Å². The van der Waals surface area contributed by atoms with Crippen LogP contribution in [0, 0.1) is 11.8 Å². The summed E-state index contributed by atoms with van der Waals surface area (Å²) >= 11 is 0. The number of hydrogen-bond acceptors (Lipinski definition) is 10. The average Bonchev–Trinajstić information content (AvgIpc) is 3.33. The molecule has 0 radical (unpaired) electrons. The first kappa shape index (κ1) is 28.6. The van der Waals surface area contributed by atoms with Crippen molar-refractivity contribution in [1.82, 2.24) is 10.2 Å². The van der Waals surface area contributed by atoms with Gasteiger partial charge >= 0.3 is 0 Å². The second-order valence-corrected chi connectivity index (χ2v) is 12.3. The van der Waals surface area contributed by atoms with E-state index in [0.29, 0.717) is 29.2 Å². The van der Waals surface area contributed by atoms with Gasteiger partial charge in [0.25, 0.3) is 5.91 Å². The number of Topliss-reactive ketones (excluding diaryl/α,β-unsaturated/α-hetero) is 2. The fourth-order valence-corrected chi connectivity index (χ4v) is 6.44. The van der Waals surface area contributed by atoms with E-state index in [0.717, 1.165) is 0 Å². The minimum atomic E-state index is -2.67. The number of furan rings is 1. The molecule has 1 aromatic carbocycles. The molecule has 0 saturated heterocycles. The molecule has 1 saturated carbocycles. The molecule has 11 heteroatoms. The van der Waals surface area contributed by atoms with E-state index in [9.17, 15) is 34.8 Å². The Morgan fingerprint density at radius 2 is 1.83 bits per heavy atom. The minimum absolute atomic E-state index is 0.0137. The molecular weight excluding hydrogens is 530 g/mol. The smallest absolute Gasteiger partial charge is 0.255 e. The lowest BCUT2D eigenvalue weighted by atomic mass is 9.57. The lowest BCUT2D eigenvalue weighted by Gasteiger charge is -2.50. The standard InChI is InChI=1S/C30H35N3O8/c1-29(2,3)32-12-14-6-9-19(41-14)15-7-8-18(34)21-16(15)10-13-11-17-23(33(4)5)25(36)22(28(31)39)27(38)30(17,40)26(37)20(13)24(21)35/h6-9,13,17,23,32,34-35,38,40H,10-12H2,1-5H3,(H2,31,39)/t13-,17-,23-,30-/m1/s1. The van der Waals surface area contributed by atoms with Gasteiger partial charge in [0.15, 0.2) is 11.4 Å². The first-order valence-electron chi connectivity index (χ1n) is 13.4.